The van der Waals surface area contributed by atoms with Crippen LogP contribution in [0, 0.1) is 23.2 Å². The highest BCUT2D eigenvalue weighted by Crippen LogP contribution is 2.60. The molecule has 0 radical (unpaired) electrons. The van der Waals surface area contributed by atoms with E-state index in [1.54, 1.807) is 29.2 Å². The van der Waals surface area contributed by atoms with Gasteiger partial charge in [-0.3, -0.25) is 9.59 Å². The van der Waals surface area contributed by atoms with Crippen molar-refractivity contribution in [2.45, 2.75) is 50.6 Å². The van der Waals surface area contributed by atoms with Gasteiger partial charge in [0, 0.05) is 24.8 Å². The largest absolute Gasteiger partial charge is 0.395 e. The van der Waals surface area contributed by atoms with Crippen molar-refractivity contribution >= 4 is 34.9 Å². The Hall–Kier alpha value is -3.43. The lowest BCUT2D eigenvalue weighted by atomic mass is 9.49. The van der Waals surface area contributed by atoms with E-state index in [-0.39, 0.29) is 18.6 Å². The first kappa shape index (κ1) is 25.8. The van der Waals surface area contributed by atoms with E-state index in [1.807, 2.05) is 30.3 Å². The van der Waals surface area contributed by atoms with Crippen LogP contribution in [-0.2, 0) is 9.59 Å². The number of rotatable bonds is 7. The van der Waals surface area contributed by atoms with E-state index in [0.717, 1.165) is 19.3 Å². The van der Waals surface area contributed by atoms with Gasteiger partial charge in [-0.25, -0.2) is 4.79 Å². The molecule has 2 atom stereocenters. The number of hydrogen-bond acceptors (Lipinski definition) is 5. The highest BCUT2D eigenvalue weighted by molar-refractivity contribution is 6.21. The van der Waals surface area contributed by atoms with Gasteiger partial charge in [-0.2, -0.15) is 0 Å². The molecular formula is C30H37N5O4. The molecular weight excluding hydrogens is 494 g/mol. The van der Waals surface area contributed by atoms with Crippen LogP contribution in [0.25, 0.3) is 0 Å². The molecule has 0 aromatic heterocycles. The summed E-state index contributed by atoms with van der Waals surface area (Å²) in [4.78, 5) is 44.5. The Balaban J connectivity index is 1.35. The van der Waals surface area contributed by atoms with Crippen LogP contribution in [-0.4, -0.2) is 54.7 Å². The topological polar surface area (TPSA) is 128 Å². The Labute approximate surface area is 228 Å². The Morgan fingerprint density at radius 1 is 0.897 bits per heavy atom. The summed E-state index contributed by atoms with van der Waals surface area (Å²) in [5.41, 5.74) is 7.87. The van der Waals surface area contributed by atoms with E-state index in [2.05, 4.69) is 10.6 Å². The smallest absolute Gasteiger partial charge is 0.320 e. The third-order valence-corrected chi connectivity index (χ3v) is 9.11. The molecule has 2 aromatic carbocycles. The van der Waals surface area contributed by atoms with Crippen molar-refractivity contribution in [3.8, 4) is 0 Å². The van der Waals surface area contributed by atoms with Crippen molar-refractivity contribution in [3.05, 3.63) is 54.6 Å². The maximum absolute atomic E-state index is 14.3. The SMILES string of the molecule is NC(CO)CN1C(=O)C(NC(=O)Nc2ccccc2)C(=O)N(CC23CC4CC(CC(C4)C2)C3)c2ccccc21. The zero-order valence-corrected chi connectivity index (χ0v) is 22.1. The van der Waals surface area contributed by atoms with Crippen LogP contribution in [0.15, 0.2) is 54.6 Å². The number of carbonyl (C=O) groups is 3. The fraction of sp³-hybridized carbons (Fsp3) is 0.500. The third kappa shape index (κ3) is 5.01. The molecule has 4 fully saturated rings. The lowest BCUT2D eigenvalue weighted by molar-refractivity contribution is -0.129. The normalized spacial score (nSPS) is 30.1. The lowest BCUT2D eigenvalue weighted by Gasteiger charge is -2.57. The number of hydrogen-bond donors (Lipinski definition) is 4. The van der Waals surface area contributed by atoms with Crippen LogP contribution in [0.4, 0.5) is 21.9 Å². The quantitative estimate of drug-likeness (QED) is 0.408. The number of fused-ring (bicyclic) bond motifs is 1. The summed E-state index contributed by atoms with van der Waals surface area (Å²) in [5, 5.41) is 15.1. The van der Waals surface area contributed by atoms with Gasteiger partial charge in [0.25, 0.3) is 11.8 Å². The van der Waals surface area contributed by atoms with E-state index in [4.69, 9.17) is 5.73 Å². The predicted molar refractivity (Wildman–Crippen MR) is 149 cm³/mol. The summed E-state index contributed by atoms with van der Waals surface area (Å²) in [6, 6.07) is 13.5. The number of nitrogens with one attached hydrogen (secondary N) is 2. The molecule has 0 spiro atoms. The third-order valence-electron chi connectivity index (χ3n) is 9.11. The van der Waals surface area contributed by atoms with Gasteiger partial charge < -0.3 is 31.3 Å². The number of nitrogens with two attached hydrogens (primary N) is 1. The second-order valence-corrected chi connectivity index (χ2v) is 12.1. The molecule has 39 heavy (non-hydrogen) atoms. The molecule has 206 valence electrons. The van der Waals surface area contributed by atoms with Crippen molar-refractivity contribution in [3.63, 3.8) is 0 Å². The van der Waals surface area contributed by atoms with Gasteiger partial charge in [-0.1, -0.05) is 30.3 Å². The Kier molecular flexibility index (Phi) is 6.81. The molecule has 4 bridgehead atoms. The first-order chi connectivity index (χ1) is 18.8. The molecule has 9 heteroatoms. The maximum Gasteiger partial charge on any atom is 0.320 e. The summed E-state index contributed by atoms with van der Waals surface area (Å²) in [6.07, 6.45) is 7.18. The van der Waals surface area contributed by atoms with Crippen molar-refractivity contribution in [1.29, 1.82) is 0 Å². The fourth-order valence-electron chi connectivity index (χ4n) is 7.98. The van der Waals surface area contributed by atoms with Crippen molar-refractivity contribution in [1.82, 2.24) is 5.32 Å². The van der Waals surface area contributed by atoms with Crippen LogP contribution in [0.5, 0.6) is 0 Å². The second-order valence-electron chi connectivity index (χ2n) is 12.1. The minimum atomic E-state index is -1.43. The van der Waals surface area contributed by atoms with E-state index >= 15 is 0 Å². The van der Waals surface area contributed by atoms with Crippen molar-refractivity contribution in [2.75, 3.05) is 34.8 Å². The average Bonchev–Trinajstić information content (AvgIpc) is 2.99. The van der Waals surface area contributed by atoms with E-state index < -0.39 is 29.9 Å². The number of nitrogens with zero attached hydrogens (tertiary/aromatic N) is 2. The zero-order chi connectivity index (χ0) is 27.1. The van der Waals surface area contributed by atoms with Gasteiger partial charge in [0.15, 0.2) is 6.04 Å². The molecule has 1 aliphatic heterocycles. The van der Waals surface area contributed by atoms with E-state index in [1.165, 1.54) is 24.2 Å². The van der Waals surface area contributed by atoms with Crippen LogP contribution in [0.2, 0.25) is 0 Å². The van der Waals surface area contributed by atoms with Crippen LogP contribution in [0.3, 0.4) is 0 Å². The molecule has 2 aromatic rings. The van der Waals surface area contributed by atoms with Gasteiger partial charge in [-0.15, -0.1) is 0 Å². The molecule has 4 aliphatic carbocycles. The molecule has 1 heterocycles. The van der Waals surface area contributed by atoms with Crippen molar-refractivity contribution in [2.24, 2.45) is 28.9 Å². The highest BCUT2D eigenvalue weighted by Gasteiger charge is 2.53. The number of urea groups is 1. The molecule has 2 unspecified atom stereocenters. The van der Waals surface area contributed by atoms with Gasteiger partial charge in [0.2, 0.25) is 0 Å². The number of aliphatic hydroxyl groups excluding tert-OH is 1. The molecule has 9 nitrogen and oxygen atoms in total. The van der Waals surface area contributed by atoms with Gasteiger partial charge >= 0.3 is 6.03 Å². The minimum absolute atomic E-state index is 0.0172. The molecule has 0 saturated heterocycles. The zero-order valence-electron chi connectivity index (χ0n) is 22.1. The lowest BCUT2D eigenvalue weighted by Crippen LogP contribution is -2.59. The number of para-hydroxylation sites is 3. The summed E-state index contributed by atoms with van der Waals surface area (Å²) in [6.45, 7) is 0.227. The number of amides is 4. The summed E-state index contributed by atoms with van der Waals surface area (Å²) in [5.74, 6) is 1.12. The first-order valence-corrected chi connectivity index (χ1v) is 14.0. The van der Waals surface area contributed by atoms with Gasteiger partial charge in [0.05, 0.1) is 18.0 Å². The van der Waals surface area contributed by atoms with E-state index in [0.29, 0.717) is 41.4 Å². The highest BCUT2D eigenvalue weighted by atomic mass is 16.3. The number of anilines is 3. The molecule has 4 amide bonds. The van der Waals surface area contributed by atoms with Crippen LogP contribution >= 0.6 is 0 Å². The molecule has 7 rings (SSSR count). The number of aliphatic hydroxyl groups is 1. The number of carbonyl (C=O) groups excluding carboxylic acids is 3. The van der Waals surface area contributed by atoms with E-state index in [9.17, 15) is 19.5 Å². The Morgan fingerprint density at radius 2 is 1.44 bits per heavy atom. The van der Waals surface area contributed by atoms with Crippen LogP contribution in [0.1, 0.15) is 38.5 Å². The molecule has 4 saturated carbocycles. The summed E-state index contributed by atoms with van der Waals surface area (Å²) >= 11 is 0. The summed E-state index contributed by atoms with van der Waals surface area (Å²) in [7, 11) is 0. The fourth-order valence-corrected chi connectivity index (χ4v) is 7.98. The molecule has 5 aliphatic rings. The van der Waals surface area contributed by atoms with Gasteiger partial charge in [0.1, 0.15) is 0 Å². The Bertz CT molecular complexity index is 1220. The van der Waals surface area contributed by atoms with Crippen LogP contribution < -0.4 is 26.2 Å². The first-order valence-electron chi connectivity index (χ1n) is 14.0. The summed E-state index contributed by atoms with van der Waals surface area (Å²) < 4.78 is 0. The number of benzene rings is 2. The predicted octanol–water partition coefficient (Wildman–Crippen LogP) is 3.09. The minimum Gasteiger partial charge on any atom is -0.395 e. The van der Waals surface area contributed by atoms with Crippen molar-refractivity contribution < 1.29 is 19.5 Å². The van der Waals surface area contributed by atoms with Gasteiger partial charge in [-0.05, 0) is 86.0 Å². The average molecular weight is 532 g/mol. The monoisotopic (exact) mass is 531 g/mol. The molecule has 5 N–H and O–H groups in total. The Morgan fingerprint density at radius 3 is 2.03 bits per heavy atom. The standard InChI is InChI=1S/C30H37N5O4/c31-22(17-36)16-34-24-8-4-5-9-25(24)35(18-30-13-19-10-20(14-30)12-21(11-19)15-30)28(38)26(27(34)37)33-29(39)32-23-6-2-1-3-7-23/h1-9,19-22,26,36H,10-18,31H2,(H2,32,33,39). The second kappa shape index (κ2) is 10.3. The maximum atomic E-state index is 14.3.